The van der Waals surface area contributed by atoms with E-state index >= 15 is 0 Å². The molecular weight excluding hydrogens is 346 g/mol. The van der Waals surface area contributed by atoms with E-state index in [-0.39, 0.29) is 26.5 Å². The van der Waals surface area contributed by atoms with Crippen molar-refractivity contribution in [3.63, 3.8) is 0 Å². The van der Waals surface area contributed by atoms with Gasteiger partial charge in [0.15, 0.2) is 0 Å². The second-order valence-corrected chi connectivity index (χ2v) is 4.24. The topological polar surface area (TPSA) is 26.0 Å². The predicted molar refractivity (Wildman–Crippen MR) is 51.5 cm³/mol. The molecule has 0 saturated carbocycles. The van der Waals surface area contributed by atoms with Gasteiger partial charge in [-0.2, -0.15) is 0 Å². The second kappa shape index (κ2) is 3.86. The number of hydrogen-bond donors (Lipinski definition) is 0. The minimum absolute atomic E-state index is 0. The maximum atomic E-state index is 5.05. The van der Waals surface area contributed by atoms with Crippen LogP contribution >= 0.6 is 0 Å². The Morgan fingerprint density at radius 1 is 1.29 bits per heavy atom. The molecule has 2 rings (SSSR count). The van der Waals surface area contributed by atoms with Gasteiger partial charge in [-0.1, -0.05) is 44.5 Å². The molecule has 0 aliphatic carbocycles. The van der Waals surface area contributed by atoms with Crippen LogP contribution in [0.4, 0.5) is 0 Å². The van der Waals surface area contributed by atoms with Crippen LogP contribution in [0.25, 0.3) is 11.1 Å². The zero-order valence-corrected chi connectivity index (χ0v) is 11.4. The summed E-state index contributed by atoms with van der Waals surface area (Å²) >= 11 is 0. The number of nitrogens with zero attached hydrogens (tertiary/aromatic N) is 1. The first kappa shape index (κ1) is 11.5. The molecule has 1 heterocycles. The largest absolute Gasteiger partial charge is 0.573 e. The summed E-state index contributed by atoms with van der Waals surface area (Å²) in [6.07, 6.45) is 2.49. The van der Waals surface area contributed by atoms with Gasteiger partial charge in [0.2, 0.25) is 0 Å². The molecule has 0 aliphatic rings. The van der Waals surface area contributed by atoms with Crippen LogP contribution in [0.2, 0.25) is 0 Å². The van der Waals surface area contributed by atoms with Crippen molar-refractivity contribution in [2.24, 2.45) is 0 Å². The van der Waals surface area contributed by atoms with Crippen molar-refractivity contribution in [1.29, 1.82) is 0 Å². The zero-order valence-electron chi connectivity index (χ0n) is 8.50. The first-order valence-corrected chi connectivity index (χ1v) is 4.34. The number of oxazole rings is 1. The molecule has 0 aliphatic heterocycles. The van der Waals surface area contributed by atoms with Crippen molar-refractivity contribution in [2.75, 3.05) is 0 Å². The van der Waals surface area contributed by atoms with Gasteiger partial charge in [0.25, 0.3) is 0 Å². The Morgan fingerprint density at radius 2 is 2.00 bits per heavy atom. The van der Waals surface area contributed by atoms with E-state index in [9.17, 15) is 0 Å². The van der Waals surface area contributed by atoms with Crippen molar-refractivity contribution in [3.8, 4) is 0 Å². The summed E-state index contributed by atoms with van der Waals surface area (Å²) in [5, 5.41) is 0. The molecule has 1 aromatic heterocycles. The SMILES string of the molecule is CC(C)(C)c1ccc2o[c-]nc2c1.[W]. The Labute approximate surface area is 98.0 Å². The van der Waals surface area contributed by atoms with Crippen molar-refractivity contribution in [2.45, 2.75) is 26.2 Å². The van der Waals surface area contributed by atoms with Crippen molar-refractivity contribution < 1.29 is 25.5 Å². The van der Waals surface area contributed by atoms with Crippen LogP contribution in [0.1, 0.15) is 26.3 Å². The van der Waals surface area contributed by atoms with Gasteiger partial charge in [-0.3, -0.25) is 0 Å². The number of hydrogen-bond acceptors (Lipinski definition) is 2. The maximum absolute atomic E-state index is 5.05. The Bertz CT molecular complexity index is 428. The molecule has 2 nitrogen and oxygen atoms in total. The molecule has 3 heteroatoms. The normalized spacial score (nSPS) is 11.4. The van der Waals surface area contributed by atoms with E-state index in [2.05, 4.69) is 44.3 Å². The summed E-state index contributed by atoms with van der Waals surface area (Å²) in [7, 11) is 0. The van der Waals surface area contributed by atoms with Crippen molar-refractivity contribution >= 4 is 11.1 Å². The monoisotopic (exact) mass is 358 g/mol. The van der Waals surface area contributed by atoms with E-state index in [1.807, 2.05) is 6.07 Å². The molecule has 0 amide bonds. The maximum Gasteiger partial charge on any atom is 0.103 e. The van der Waals surface area contributed by atoms with Crippen LogP contribution < -0.4 is 0 Å². The summed E-state index contributed by atoms with van der Waals surface area (Å²) in [5.41, 5.74) is 3.11. The molecule has 14 heavy (non-hydrogen) atoms. The molecule has 2 aromatic rings. The van der Waals surface area contributed by atoms with Gasteiger partial charge in [0, 0.05) is 21.1 Å². The first-order chi connectivity index (χ1) is 6.07. The fraction of sp³-hybridized carbons (Fsp3) is 0.364. The van der Waals surface area contributed by atoms with Gasteiger partial charge in [-0.15, -0.1) is 0 Å². The van der Waals surface area contributed by atoms with E-state index in [0.717, 1.165) is 11.1 Å². The summed E-state index contributed by atoms with van der Waals surface area (Å²) < 4.78 is 5.05. The molecule has 0 atom stereocenters. The van der Waals surface area contributed by atoms with E-state index in [0.29, 0.717) is 0 Å². The van der Waals surface area contributed by atoms with E-state index in [1.54, 1.807) is 0 Å². The first-order valence-electron chi connectivity index (χ1n) is 4.34. The number of benzene rings is 1. The summed E-state index contributed by atoms with van der Waals surface area (Å²) in [4.78, 5) is 4.00. The summed E-state index contributed by atoms with van der Waals surface area (Å²) in [6.45, 7) is 6.54. The smallest absolute Gasteiger partial charge is 0.103 e. The average molecular weight is 358 g/mol. The van der Waals surface area contributed by atoms with Crippen molar-refractivity contribution in [3.05, 3.63) is 30.2 Å². The average Bonchev–Trinajstić information content (AvgIpc) is 2.47. The molecule has 0 saturated heterocycles. The molecule has 0 bridgehead atoms. The van der Waals surface area contributed by atoms with Gasteiger partial charge in [0.05, 0.1) is 0 Å². The quantitative estimate of drug-likeness (QED) is 0.677. The predicted octanol–water partition coefficient (Wildman–Crippen LogP) is 2.92. The standard InChI is InChI=1S/C11H12NO.W/c1-11(2,3)8-4-5-10-9(6-8)12-7-13-10;/h4-6H,1-3H3;/q-1;. The summed E-state index contributed by atoms with van der Waals surface area (Å²) in [5.74, 6) is 0. The minimum atomic E-state index is 0. The van der Waals surface area contributed by atoms with Gasteiger partial charge in [-0.05, 0) is 16.5 Å². The van der Waals surface area contributed by atoms with Gasteiger partial charge < -0.3 is 9.40 Å². The van der Waals surface area contributed by atoms with E-state index in [4.69, 9.17) is 4.42 Å². The Morgan fingerprint density at radius 3 is 2.64 bits per heavy atom. The van der Waals surface area contributed by atoms with Gasteiger partial charge >= 0.3 is 0 Å². The Hall–Kier alpha value is -0.622. The van der Waals surface area contributed by atoms with E-state index in [1.165, 1.54) is 5.56 Å². The molecule has 74 valence electrons. The van der Waals surface area contributed by atoms with Crippen molar-refractivity contribution in [1.82, 2.24) is 4.98 Å². The van der Waals surface area contributed by atoms with Crippen LogP contribution in [-0.2, 0) is 26.5 Å². The molecule has 0 N–H and O–H groups in total. The van der Waals surface area contributed by atoms with Crippen LogP contribution in [0.5, 0.6) is 0 Å². The van der Waals surface area contributed by atoms with Crippen LogP contribution in [-0.4, -0.2) is 4.98 Å². The third kappa shape index (κ3) is 2.06. The Balaban J connectivity index is 0.000000980. The zero-order chi connectivity index (χ0) is 9.47. The van der Waals surface area contributed by atoms with E-state index < -0.39 is 0 Å². The fourth-order valence-corrected chi connectivity index (χ4v) is 1.28. The second-order valence-electron chi connectivity index (χ2n) is 4.24. The van der Waals surface area contributed by atoms with Crippen LogP contribution in [0.3, 0.4) is 0 Å². The van der Waals surface area contributed by atoms with Gasteiger partial charge in [-0.25, -0.2) is 0 Å². The third-order valence-electron chi connectivity index (χ3n) is 2.15. The third-order valence-corrected chi connectivity index (χ3v) is 2.15. The molecular formula is C11H12NOW-. The molecule has 0 unspecified atom stereocenters. The fourth-order valence-electron chi connectivity index (χ4n) is 1.28. The number of rotatable bonds is 0. The number of fused-ring (bicyclic) bond motifs is 1. The summed E-state index contributed by atoms with van der Waals surface area (Å²) in [6, 6.07) is 6.07. The number of aromatic nitrogens is 1. The van der Waals surface area contributed by atoms with Crippen LogP contribution in [0.15, 0.2) is 22.6 Å². The molecule has 0 spiro atoms. The molecule has 0 fully saturated rings. The minimum Gasteiger partial charge on any atom is -0.573 e. The molecule has 1 aromatic carbocycles. The van der Waals surface area contributed by atoms with Gasteiger partial charge in [0.1, 0.15) is 6.39 Å². The molecule has 0 radical (unpaired) electrons. The van der Waals surface area contributed by atoms with Crippen LogP contribution in [0, 0.1) is 6.39 Å². The Kier molecular flexibility index (Phi) is 3.16.